The van der Waals surface area contributed by atoms with Crippen LogP contribution in [0.15, 0.2) is 36.4 Å². The Bertz CT molecular complexity index is 846. The van der Waals surface area contributed by atoms with Gasteiger partial charge < -0.3 is 4.74 Å². The van der Waals surface area contributed by atoms with Crippen LogP contribution in [0.2, 0.25) is 0 Å². The van der Waals surface area contributed by atoms with Gasteiger partial charge in [-0.3, -0.25) is 10.1 Å². The van der Waals surface area contributed by atoms with E-state index in [-0.39, 0.29) is 5.91 Å². The summed E-state index contributed by atoms with van der Waals surface area (Å²) >= 11 is 1.49. The van der Waals surface area contributed by atoms with Crippen molar-refractivity contribution in [2.24, 2.45) is 0 Å². The molecule has 130 valence electrons. The van der Waals surface area contributed by atoms with Gasteiger partial charge in [-0.05, 0) is 67.8 Å². The number of thiazole rings is 1. The van der Waals surface area contributed by atoms with E-state index >= 15 is 0 Å². The van der Waals surface area contributed by atoms with E-state index in [1.807, 2.05) is 12.1 Å². The lowest BCUT2D eigenvalue weighted by molar-refractivity contribution is 0.102. The first-order valence-corrected chi connectivity index (χ1v) is 9.30. The van der Waals surface area contributed by atoms with Crippen LogP contribution >= 0.6 is 11.3 Å². The van der Waals surface area contributed by atoms with Gasteiger partial charge in [-0.15, -0.1) is 0 Å². The molecule has 25 heavy (non-hydrogen) atoms. The largest absolute Gasteiger partial charge is 0.494 e. The topological polar surface area (TPSA) is 51.2 Å². The number of benzene rings is 2. The second kappa shape index (κ2) is 7.66. The second-order valence-electron chi connectivity index (χ2n) is 6.10. The molecule has 2 aromatic carbocycles. The van der Waals surface area contributed by atoms with Gasteiger partial charge in [0.25, 0.3) is 5.91 Å². The van der Waals surface area contributed by atoms with Crippen LogP contribution in [0, 0.1) is 13.8 Å². The summed E-state index contributed by atoms with van der Waals surface area (Å²) in [6.45, 7) is 6.97. The van der Waals surface area contributed by atoms with Crippen molar-refractivity contribution in [3.05, 3.63) is 53.1 Å². The lowest BCUT2D eigenvalue weighted by Crippen LogP contribution is -2.11. The monoisotopic (exact) mass is 354 g/mol. The fraction of sp³-hybridized carbons (Fsp3) is 0.300. The molecular weight excluding hydrogens is 332 g/mol. The molecule has 3 rings (SSSR count). The predicted molar refractivity (Wildman–Crippen MR) is 104 cm³/mol. The first-order valence-electron chi connectivity index (χ1n) is 8.49. The van der Waals surface area contributed by atoms with Crippen molar-refractivity contribution in [3.8, 4) is 5.75 Å². The van der Waals surface area contributed by atoms with Gasteiger partial charge >= 0.3 is 0 Å². The van der Waals surface area contributed by atoms with Crippen LogP contribution in [-0.4, -0.2) is 17.5 Å². The standard InChI is InChI=1S/C20H22N2O2S/c1-4-5-10-24-16-8-6-15(7-9-16)19(23)22-20-21-17-11-13(2)14(3)12-18(17)25-20/h6-9,11-12H,4-5,10H2,1-3H3,(H,21,22,23). The van der Waals surface area contributed by atoms with Crippen molar-refractivity contribution in [1.29, 1.82) is 0 Å². The number of hydrogen-bond acceptors (Lipinski definition) is 4. The molecule has 0 bridgehead atoms. The number of nitrogens with one attached hydrogen (secondary N) is 1. The molecular formula is C20H22N2O2S. The van der Waals surface area contributed by atoms with Crippen LogP contribution in [0.25, 0.3) is 10.2 Å². The number of carbonyl (C=O) groups excluding carboxylic acids is 1. The molecule has 3 aromatic rings. The normalized spacial score (nSPS) is 10.8. The Morgan fingerprint density at radius 3 is 2.60 bits per heavy atom. The van der Waals surface area contributed by atoms with E-state index in [1.54, 1.807) is 12.1 Å². The summed E-state index contributed by atoms with van der Waals surface area (Å²) < 4.78 is 6.70. The van der Waals surface area contributed by atoms with Crippen LogP contribution in [-0.2, 0) is 0 Å². The fourth-order valence-corrected chi connectivity index (χ4v) is 3.38. The van der Waals surface area contributed by atoms with E-state index in [0.29, 0.717) is 17.3 Å². The number of unbranched alkanes of at least 4 members (excludes halogenated alkanes) is 1. The molecule has 0 radical (unpaired) electrons. The van der Waals surface area contributed by atoms with Gasteiger partial charge in [0.2, 0.25) is 0 Å². The van der Waals surface area contributed by atoms with Crippen molar-refractivity contribution >= 4 is 32.6 Å². The molecule has 0 unspecified atom stereocenters. The Kier molecular flexibility index (Phi) is 5.34. The second-order valence-corrected chi connectivity index (χ2v) is 7.13. The van der Waals surface area contributed by atoms with Crippen LogP contribution in [0.4, 0.5) is 5.13 Å². The summed E-state index contributed by atoms with van der Waals surface area (Å²) in [7, 11) is 0. The van der Waals surface area contributed by atoms with E-state index in [1.165, 1.54) is 22.5 Å². The molecule has 0 saturated carbocycles. The number of nitrogens with zero attached hydrogens (tertiary/aromatic N) is 1. The van der Waals surface area contributed by atoms with E-state index in [4.69, 9.17) is 4.74 Å². The molecule has 1 amide bonds. The van der Waals surface area contributed by atoms with Gasteiger partial charge in [0.15, 0.2) is 5.13 Å². The molecule has 0 aliphatic rings. The SMILES string of the molecule is CCCCOc1ccc(C(=O)Nc2nc3cc(C)c(C)cc3s2)cc1. The van der Waals surface area contributed by atoms with Crippen LogP contribution in [0.1, 0.15) is 41.3 Å². The molecule has 1 aromatic heterocycles. The number of carbonyl (C=O) groups is 1. The quantitative estimate of drug-likeness (QED) is 0.608. The number of aryl methyl sites for hydroxylation is 2. The number of aromatic nitrogens is 1. The molecule has 1 heterocycles. The zero-order valence-electron chi connectivity index (χ0n) is 14.8. The van der Waals surface area contributed by atoms with E-state index < -0.39 is 0 Å². The Hall–Kier alpha value is -2.40. The highest BCUT2D eigenvalue weighted by molar-refractivity contribution is 7.22. The third-order valence-electron chi connectivity index (χ3n) is 4.11. The fourth-order valence-electron chi connectivity index (χ4n) is 2.44. The summed E-state index contributed by atoms with van der Waals surface area (Å²) in [6, 6.07) is 11.4. The summed E-state index contributed by atoms with van der Waals surface area (Å²) in [6.07, 6.45) is 2.13. The Morgan fingerprint density at radius 2 is 1.88 bits per heavy atom. The van der Waals surface area contributed by atoms with Gasteiger partial charge in [0.1, 0.15) is 5.75 Å². The highest BCUT2D eigenvalue weighted by Crippen LogP contribution is 2.28. The lowest BCUT2D eigenvalue weighted by Gasteiger charge is -2.06. The minimum absolute atomic E-state index is 0.160. The highest BCUT2D eigenvalue weighted by atomic mass is 32.1. The molecule has 0 spiro atoms. The maximum atomic E-state index is 12.4. The molecule has 0 fully saturated rings. The molecule has 0 atom stereocenters. The first kappa shape index (κ1) is 17.4. The van der Waals surface area contributed by atoms with Gasteiger partial charge in [0.05, 0.1) is 16.8 Å². The number of anilines is 1. The third-order valence-corrected chi connectivity index (χ3v) is 5.04. The van der Waals surface area contributed by atoms with Crippen molar-refractivity contribution < 1.29 is 9.53 Å². The molecule has 0 aliphatic carbocycles. The Labute approximate surface area is 151 Å². The zero-order valence-corrected chi connectivity index (χ0v) is 15.6. The van der Waals surface area contributed by atoms with Crippen molar-refractivity contribution in [1.82, 2.24) is 4.98 Å². The lowest BCUT2D eigenvalue weighted by atomic mass is 10.1. The minimum Gasteiger partial charge on any atom is -0.494 e. The number of amides is 1. The molecule has 1 N–H and O–H groups in total. The maximum absolute atomic E-state index is 12.4. The zero-order chi connectivity index (χ0) is 17.8. The van der Waals surface area contributed by atoms with Gasteiger partial charge in [-0.1, -0.05) is 24.7 Å². The summed E-state index contributed by atoms with van der Waals surface area (Å²) in [5.74, 6) is 0.628. The third kappa shape index (κ3) is 4.17. The van der Waals surface area contributed by atoms with E-state index in [2.05, 4.69) is 43.2 Å². The number of ether oxygens (including phenoxy) is 1. The Morgan fingerprint density at radius 1 is 1.16 bits per heavy atom. The van der Waals surface area contributed by atoms with Crippen molar-refractivity contribution in [3.63, 3.8) is 0 Å². The Balaban J connectivity index is 1.69. The van der Waals surface area contributed by atoms with Gasteiger partial charge in [-0.25, -0.2) is 4.98 Å². The van der Waals surface area contributed by atoms with E-state index in [0.717, 1.165) is 28.8 Å². The van der Waals surface area contributed by atoms with Gasteiger partial charge in [-0.2, -0.15) is 0 Å². The maximum Gasteiger partial charge on any atom is 0.257 e. The average molecular weight is 354 g/mol. The van der Waals surface area contributed by atoms with Crippen molar-refractivity contribution in [2.75, 3.05) is 11.9 Å². The van der Waals surface area contributed by atoms with Crippen LogP contribution in [0.3, 0.4) is 0 Å². The summed E-state index contributed by atoms with van der Waals surface area (Å²) in [5.41, 5.74) is 3.94. The highest BCUT2D eigenvalue weighted by Gasteiger charge is 2.11. The average Bonchev–Trinajstić information content (AvgIpc) is 2.97. The predicted octanol–water partition coefficient (Wildman–Crippen LogP) is 5.34. The molecule has 0 saturated heterocycles. The summed E-state index contributed by atoms with van der Waals surface area (Å²) in [5, 5.41) is 3.50. The van der Waals surface area contributed by atoms with Crippen LogP contribution in [0.5, 0.6) is 5.75 Å². The smallest absolute Gasteiger partial charge is 0.257 e. The number of hydrogen-bond donors (Lipinski definition) is 1. The molecule has 4 nitrogen and oxygen atoms in total. The molecule has 0 aliphatic heterocycles. The number of rotatable bonds is 6. The van der Waals surface area contributed by atoms with E-state index in [9.17, 15) is 4.79 Å². The number of fused-ring (bicyclic) bond motifs is 1. The summed E-state index contributed by atoms with van der Waals surface area (Å²) in [4.78, 5) is 16.9. The molecule has 5 heteroatoms. The van der Waals surface area contributed by atoms with Crippen molar-refractivity contribution in [2.45, 2.75) is 33.6 Å². The van der Waals surface area contributed by atoms with Crippen LogP contribution < -0.4 is 10.1 Å². The van der Waals surface area contributed by atoms with Gasteiger partial charge in [0, 0.05) is 5.56 Å². The minimum atomic E-state index is -0.160. The first-order chi connectivity index (χ1) is 12.1.